The summed E-state index contributed by atoms with van der Waals surface area (Å²) in [5, 5.41) is 3.95. The van der Waals surface area contributed by atoms with Crippen LogP contribution in [-0.2, 0) is 4.74 Å². The zero-order chi connectivity index (χ0) is 19.2. The molecule has 0 aliphatic rings. The van der Waals surface area contributed by atoms with Crippen LogP contribution in [0.2, 0.25) is 0 Å². The summed E-state index contributed by atoms with van der Waals surface area (Å²) in [4.78, 5) is 24.5. The Morgan fingerprint density at radius 2 is 1.78 bits per heavy atom. The monoisotopic (exact) mass is 367 g/mol. The van der Waals surface area contributed by atoms with Gasteiger partial charge in [0.15, 0.2) is 5.78 Å². The number of carbonyl (C=O) groups is 2. The van der Waals surface area contributed by atoms with Gasteiger partial charge in [0.2, 0.25) is 0 Å². The standard InChI is InChI=1S/C21H18FNO4/c1-14-19(20(23-27-14)16-6-3-2-4-7-16)21(25)26-13-5-8-18(24)15-9-11-17(22)12-10-15/h2-4,6-7,9-12H,5,8,13H2,1H3. The summed E-state index contributed by atoms with van der Waals surface area (Å²) < 4.78 is 23.3. The smallest absolute Gasteiger partial charge is 0.344 e. The maximum Gasteiger partial charge on any atom is 0.344 e. The number of ether oxygens (including phenoxy) is 1. The summed E-state index contributed by atoms with van der Waals surface area (Å²) in [7, 11) is 0. The van der Waals surface area contributed by atoms with Crippen LogP contribution < -0.4 is 0 Å². The van der Waals surface area contributed by atoms with E-state index in [1.54, 1.807) is 6.92 Å². The first-order valence-corrected chi connectivity index (χ1v) is 8.54. The molecule has 0 unspecified atom stereocenters. The third-order valence-electron chi connectivity index (χ3n) is 4.06. The van der Waals surface area contributed by atoms with E-state index in [9.17, 15) is 14.0 Å². The Morgan fingerprint density at radius 1 is 1.07 bits per heavy atom. The number of hydrogen-bond donors (Lipinski definition) is 0. The van der Waals surface area contributed by atoms with Crippen LogP contribution in [0, 0.1) is 12.7 Å². The molecule has 0 aliphatic heterocycles. The van der Waals surface area contributed by atoms with E-state index in [4.69, 9.17) is 9.26 Å². The Balaban J connectivity index is 1.57. The van der Waals surface area contributed by atoms with E-state index in [2.05, 4.69) is 5.16 Å². The summed E-state index contributed by atoms with van der Waals surface area (Å²) in [6.07, 6.45) is 0.569. The highest BCUT2D eigenvalue weighted by Crippen LogP contribution is 2.25. The molecule has 0 aliphatic carbocycles. The molecule has 0 fully saturated rings. The summed E-state index contributed by atoms with van der Waals surface area (Å²) in [5.41, 5.74) is 1.91. The molecule has 0 atom stereocenters. The average molecular weight is 367 g/mol. The Hall–Kier alpha value is -3.28. The summed E-state index contributed by atoms with van der Waals surface area (Å²) in [5.74, 6) is -0.681. The zero-order valence-electron chi connectivity index (χ0n) is 14.8. The van der Waals surface area contributed by atoms with Gasteiger partial charge < -0.3 is 9.26 Å². The third kappa shape index (κ3) is 4.47. The van der Waals surface area contributed by atoms with Crippen LogP contribution in [0.4, 0.5) is 4.39 Å². The van der Waals surface area contributed by atoms with Gasteiger partial charge in [-0.3, -0.25) is 4.79 Å². The topological polar surface area (TPSA) is 69.4 Å². The van der Waals surface area contributed by atoms with Crippen molar-refractivity contribution in [3.63, 3.8) is 0 Å². The molecule has 1 aromatic heterocycles. The van der Waals surface area contributed by atoms with Crippen molar-refractivity contribution in [1.82, 2.24) is 5.16 Å². The molecule has 0 radical (unpaired) electrons. The molecule has 3 aromatic rings. The van der Waals surface area contributed by atoms with Crippen molar-refractivity contribution in [2.24, 2.45) is 0 Å². The van der Waals surface area contributed by atoms with Crippen LogP contribution in [0.3, 0.4) is 0 Å². The van der Waals surface area contributed by atoms with E-state index in [1.165, 1.54) is 24.3 Å². The molecule has 0 N–H and O–H groups in total. The molecule has 0 amide bonds. The second-order valence-electron chi connectivity index (χ2n) is 6.00. The minimum Gasteiger partial charge on any atom is -0.462 e. The molecule has 2 aromatic carbocycles. The van der Waals surface area contributed by atoms with Gasteiger partial charge in [0.1, 0.15) is 22.8 Å². The van der Waals surface area contributed by atoms with Crippen molar-refractivity contribution in [1.29, 1.82) is 0 Å². The maximum absolute atomic E-state index is 12.9. The molecular weight excluding hydrogens is 349 g/mol. The predicted octanol–water partition coefficient (Wildman–Crippen LogP) is 4.61. The van der Waals surface area contributed by atoms with E-state index >= 15 is 0 Å². The van der Waals surface area contributed by atoms with Crippen LogP contribution in [0.25, 0.3) is 11.3 Å². The highest BCUT2D eigenvalue weighted by atomic mass is 19.1. The molecule has 27 heavy (non-hydrogen) atoms. The normalized spacial score (nSPS) is 10.6. The molecular formula is C21H18FNO4. The molecule has 138 valence electrons. The number of halogens is 1. The van der Waals surface area contributed by atoms with Crippen LogP contribution in [-0.4, -0.2) is 23.5 Å². The number of benzene rings is 2. The van der Waals surface area contributed by atoms with Crippen molar-refractivity contribution < 1.29 is 23.2 Å². The van der Waals surface area contributed by atoms with Crippen molar-refractivity contribution in [3.05, 3.63) is 77.3 Å². The fourth-order valence-corrected chi connectivity index (χ4v) is 2.66. The summed E-state index contributed by atoms with van der Waals surface area (Å²) in [6, 6.07) is 14.6. The number of nitrogens with zero attached hydrogens (tertiary/aromatic N) is 1. The lowest BCUT2D eigenvalue weighted by molar-refractivity contribution is 0.0493. The Labute approximate surface area is 155 Å². The minimum atomic E-state index is -0.540. The lowest BCUT2D eigenvalue weighted by Gasteiger charge is -2.05. The zero-order valence-corrected chi connectivity index (χ0v) is 14.8. The molecule has 0 saturated heterocycles. The van der Waals surface area contributed by atoms with E-state index in [0.29, 0.717) is 23.4 Å². The lowest BCUT2D eigenvalue weighted by Crippen LogP contribution is -2.10. The van der Waals surface area contributed by atoms with Gasteiger partial charge in [0.05, 0.1) is 6.61 Å². The van der Waals surface area contributed by atoms with Gasteiger partial charge in [-0.25, -0.2) is 9.18 Å². The number of hydrogen-bond acceptors (Lipinski definition) is 5. The van der Waals surface area contributed by atoms with Crippen molar-refractivity contribution in [2.75, 3.05) is 6.61 Å². The van der Waals surface area contributed by atoms with E-state index < -0.39 is 11.8 Å². The largest absolute Gasteiger partial charge is 0.462 e. The van der Waals surface area contributed by atoms with E-state index in [-0.39, 0.29) is 24.4 Å². The molecule has 0 bridgehead atoms. The van der Waals surface area contributed by atoms with E-state index in [1.807, 2.05) is 30.3 Å². The summed E-state index contributed by atoms with van der Waals surface area (Å²) in [6.45, 7) is 1.73. The molecule has 6 heteroatoms. The fourth-order valence-electron chi connectivity index (χ4n) is 2.66. The van der Waals surface area contributed by atoms with Crippen LogP contribution >= 0.6 is 0 Å². The number of aromatic nitrogens is 1. The van der Waals surface area contributed by atoms with Crippen LogP contribution in [0.5, 0.6) is 0 Å². The first kappa shape index (κ1) is 18.5. The molecule has 1 heterocycles. The van der Waals surface area contributed by atoms with Gasteiger partial charge in [-0.15, -0.1) is 0 Å². The predicted molar refractivity (Wildman–Crippen MR) is 96.9 cm³/mol. The fraction of sp³-hybridized carbons (Fsp3) is 0.190. The first-order valence-electron chi connectivity index (χ1n) is 8.54. The quantitative estimate of drug-likeness (QED) is 0.346. The highest BCUT2D eigenvalue weighted by Gasteiger charge is 2.22. The number of rotatable bonds is 7. The molecule has 3 rings (SSSR count). The Kier molecular flexibility index (Phi) is 5.76. The highest BCUT2D eigenvalue weighted by molar-refractivity contribution is 5.97. The van der Waals surface area contributed by atoms with Gasteiger partial charge in [-0.2, -0.15) is 0 Å². The number of carbonyl (C=O) groups excluding carboxylic acids is 2. The Bertz CT molecular complexity index is 933. The molecule has 0 spiro atoms. The molecule has 0 saturated carbocycles. The second-order valence-corrected chi connectivity index (χ2v) is 6.00. The van der Waals surface area contributed by atoms with Crippen molar-refractivity contribution >= 4 is 11.8 Å². The minimum absolute atomic E-state index is 0.0879. The Morgan fingerprint density at radius 3 is 2.48 bits per heavy atom. The van der Waals surface area contributed by atoms with Gasteiger partial charge >= 0.3 is 5.97 Å². The lowest BCUT2D eigenvalue weighted by atomic mass is 10.1. The van der Waals surface area contributed by atoms with Gasteiger partial charge in [-0.1, -0.05) is 35.5 Å². The third-order valence-corrected chi connectivity index (χ3v) is 4.06. The number of aryl methyl sites for hydroxylation is 1. The van der Waals surface area contributed by atoms with Gasteiger partial charge in [-0.05, 0) is 37.6 Å². The van der Waals surface area contributed by atoms with Gasteiger partial charge in [0, 0.05) is 17.5 Å². The average Bonchev–Trinajstić information content (AvgIpc) is 3.07. The number of esters is 1. The maximum atomic E-state index is 12.9. The first-order chi connectivity index (χ1) is 13.1. The van der Waals surface area contributed by atoms with E-state index in [0.717, 1.165) is 5.56 Å². The van der Waals surface area contributed by atoms with Crippen molar-refractivity contribution in [2.45, 2.75) is 19.8 Å². The molecule has 5 nitrogen and oxygen atoms in total. The van der Waals surface area contributed by atoms with Crippen LogP contribution in [0.1, 0.15) is 39.3 Å². The number of ketones is 1. The van der Waals surface area contributed by atoms with Gasteiger partial charge in [0.25, 0.3) is 0 Å². The van der Waals surface area contributed by atoms with Crippen molar-refractivity contribution in [3.8, 4) is 11.3 Å². The SMILES string of the molecule is Cc1onc(-c2ccccc2)c1C(=O)OCCCC(=O)c1ccc(F)cc1. The summed E-state index contributed by atoms with van der Waals surface area (Å²) >= 11 is 0. The number of Topliss-reactive ketones (excluding diaryl/α,β-unsaturated/α-hetero) is 1. The second kappa shape index (κ2) is 8.40. The van der Waals surface area contributed by atoms with Crippen LogP contribution in [0.15, 0.2) is 59.1 Å².